The maximum absolute atomic E-state index is 13.0. The molecule has 1 saturated heterocycles. The zero-order valence-corrected chi connectivity index (χ0v) is 17.2. The Morgan fingerprint density at radius 2 is 1.94 bits per heavy atom. The number of anilines is 1. The molecular weight excluding hydrogens is 457 g/mol. The van der Waals surface area contributed by atoms with Crippen LogP contribution in [0.5, 0.6) is 0 Å². The number of nitrogens with two attached hydrogens (primary N) is 1. The van der Waals surface area contributed by atoms with Crippen LogP contribution in [0.4, 0.5) is 19.0 Å². The number of amidine groups is 1. The zero-order chi connectivity index (χ0) is 23.5. The monoisotopic (exact) mass is 474 g/mol. The lowest BCUT2D eigenvalue weighted by molar-refractivity contribution is -0.138. The number of carbonyl (C=O) groups is 2. The molecule has 4 N–H and O–H groups in total. The van der Waals surface area contributed by atoms with Crippen LogP contribution in [0.1, 0.15) is 21.7 Å². The number of amides is 1. The first-order valence-corrected chi connectivity index (χ1v) is 9.60. The van der Waals surface area contributed by atoms with Crippen LogP contribution in [-0.4, -0.2) is 65.6 Å². The van der Waals surface area contributed by atoms with Crippen molar-refractivity contribution in [2.24, 2.45) is 10.8 Å². The SMILES string of the molecule is N/C(=N\NCC(=O)O)c1cc(N2CCN(C(=O)c3cc(C(F)(F)F)ccc3Cl)CC2)no1. The molecule has 1 aromatic heterocycles. The Balaban J connectivity index is 1.63. The van der Waals surface area contributed by atoms with Crippen molar-refractivity contribution in [2.75, 3.05) is 37.6 Å². The van der Waals surface area contributed by atoms with Gasteiger partial charge in [-0.1, -0.05) is 16.8 Å². The van der Waals surface area contributed by atoms with Gasteiger partial charge < -0.3 is 25.2 Å². The number of carboxylic acids is 1. The number of alkyl halides is 3. The Kier molecular flexibility index (Phi) is 6.77. The van der Waals surface area contributed by atoms with Gasteiger partial charge in [0.2, 0.25) is 5.76 Å². The molecule has 2 aromatic rings. The zero-order valence-electron chi connectivity index (χ0n) is 16.4. The van der Waals surface area contributed by atoms with Crippen LogP contribution >= 0.6 is 11.6 Å². The molecule has 2 heterocycles. The molecule has 1 aliphatic heterocycles. The standard InChI is InChI=1S/C18H18ClF3N6O4/c19-12-2-1-10(18(20,21)22)7-11(12)17(31)28-5-3-27(4-6-28)14-8-13(32-26-14)16(23)25-24-9-15(29)30/h1-2,7-8,24H,3-6,9H2,(H2,23,25)(H,29,30). The summed E-state index contributed by atoms with van der Waals surface area (Å²) in [4.78, 5) is 26.4. The third kappa shape index (κ3) is 5.41. The van der Waals surface area contributed by atoms with E-state index in [1.165, 1.54) is 11.0 Å². The molecule has 0 atom stereocenters. The maximum atomic E-state index is 13.0. The van der Waals surface area contributed by atoms with Crippen LogP contribution in [0.2, 0.25) is 5.02 Å². The van der Waals surface area contributed by atoms with Crippen molar-refractivity contribution >= 4 is 35.1 Å². The third-order valence-corrected chi connectivity index (χ3v) is 4.92. The lowest BCUT2D eigenvalue weighted by Crippen LogP contribution is -2.49. The van der Waals surface area contributed by atoms with Gasteiger partial charge in [-0.05, 0) is 18.2 Å². The van der Waals surface area contributed by atoms with Crippen LogP contribution < -0.4 is 16.1 Å². The molecule has 14 heteroatoms. The van der Waals surface area contributed by atoms with E-state index >= 15 is 0 Å². The van der Waals surface area contributed by atoms with Gasteiger partial charge in [-0.15, -0.1) is 0 Å². The van der Waals surface area contributed by atoms with E-state index in [0.717, 1.165) is 18.2 Å². The number of piperazine rings is 1. The number of aliphatic carboxylic acids is 1. The summed E-state index contributed by atoms with van der Waals surface area (Å²) in [6, 6.07) is 4.14. The average Bonchev–Trinajstić information content (AvgIpc) is 3.23. The van der Waals surface area contributed by atoms with Crippen LogP contribution in [0.15, 0.2) is 33.9 Å². The summed E-state index contributed by atoms with van der Waals surface area (Å²) >= 11 is 5.96. The van der Waals surface area contributed by atoms with Crippen LogP contribution in [0.3, 0.4) is 0 Å². The topological polar surface area (TPSA) is 137 Å². The molecule has 1 aliphatic rings. The predicted octanol–water partition coefficient (Wildman–Crippen LogP) is 1.60. The number of halogens is 4. The van der Waals surface area contributed by atoms with E-state index in [1.54, 1.807) is 4.90 Å². The van der Waals surface area contributed by atoms with E-state index < -0.39 is 30.2 Å². The molecule has 1 aromatic carbocycles. The summed E-state index contributed by atoms with van der Waals surface area (Å²) in [5.74, 6) is -1.27. The number of hydrogen-bond acceptors (Lipinski definition) is 7. The molecule has 3 rings (SSSR count). The Labute approximate surface area is 184 Å². The second-order valence-electron chi connectivity index (χ2n) is 6.75. The largest absolute Gasteiger partial charge is 0.480 e. The minimum absolute atomic E-state index is 0.0576. The van der Waals surface area contributed by atoms with Crippen LogP contribution in [-0.2, 0) is 11.0 Å². The van der Waals surface area contributed by atoms with Gasteiger partial charge in [0.05, 0.1) is 16.1 Å². The molecule has 1 amide bonds. The van der Waals surface area contributed by atoms with Crippen molar-refractivity contribution in [3.63, 3.8) is 0 Å². The molecule has 0 bridgehead atoms. The summed E-state index contributed by atoms with van der Waals surface area (Å²) < 4.78 is 44.0. The van der Waals surface area contributed by atoms with Crippen molar-refractivity contribution < 1.29 is 32.4 Å². The van der Waals surface area contributed by atoms with Gasteiger partial charge in [0, 0.05) is 32.2 Å². The van der Waals surface area contributed by atoms with Gasteiger partial charge in [-0.3, -0.25) is 15.0 Å². The lowest BCUT2D eigenvalue weighted by Gasteiger charge is -2.34. The molecule has 0 aliphatic carbocycles. The molecule has 0 saturated carbocycles. The maximum Gasteiger partial charge on any atom is 0.416 e. The molecule has 0 spiro atoms. The minimum Gasteiger partial charge on any atom is -0.480 e. The lowest BCUT2D eigenvalue weighted by atomic mass is 10.1. The van der Waals surface area contributed by atoms with Gasteiger partial charge in [-0.25, -0.2) is 0 Å². The number of nitrogens with one attached hydrogen (secondary N) is 1. The van der Waals surface area contributed by atoms with Crippen molar-refractivity contribution in [1.82, 2.24) is 15.5 Å². The van der Waals surface area contributed by atoms with E-state index in [1.807, 2.05) is 0 Å². The number of carbonyl (C=O) groups excluding carboxylic acids is 1. The van der Waals surface area contributed by atoms with E-state index in [-0.39, 0.29) is 35.3 Å². The first kappa shape index (κ1) is 23.2. The number of aromatic nitrogens is 1. The summed E-state index contributed by atoms with van der Waals surface area (Å²) in [6.45, 7) is 0.688. The van der Waals surface area contributed by atoms with Gasteiger partial charge in [0.15, 0.2) is 11.7 Å². The van der Waals surface area contributed by atoms with Gasteiger partial charge in [-0.2, -0.15) is 18.3 Å². The number of nitrogens with zero attached hydrogens (tertiary/aromatic N) is 4. The second kappa shape index (κ2) is 9.34. The average molecular weight is 475 g/mol. The van der Waals surface area contributed by atoms with E-state index in [4.69, 9.17) is 27.0 Å². The van der Waals surface area contributed by atoms with E-state index in [0.29, 0.717) is 18.9 Å². The summed E-state index contributed by atoms with van der Waals surface area (Å²) in [7, 11) is 0. The smallest absolute Gasteiger partial charge is 0.416 e. The summed E-state index contributed by atoms with van der Waals surface area (Å²) in [6.07, 6.45) is -4.59. The number of carboxylic acid groups (broad SMARTS) is 1. The third-order valence-electron chi connectivity index (χ3n) is 4.59. The Morgan fingerprint density at radius 1 is 1.25 bits per heavy atom. The van der Waals surface area contributed by atoms with Crippen LogP contribution in [0.25, 0.3) is 0 Å². The van der Waals surface area contributed by atoms with Gasteiger partial charge in [0.1, 0.15) is 6.54 Å². The van der Waals surface area contributed by atoms with Crippen molar-refractivity contribution in [1.29, 1.82) is 0 Å². The van der Waals surface area contributed by atoms with Gasteiger partial charge >= 0.3 is 12.1 Å². The number of benzene rings is 1. The highest BCUT2D eigenvalue weighted by Crippen LogP contribution is 2.32. The number of hydrogen-bond donors (Lipinski definition) is 3. The molecule has 0 radical (unpaired) electrons. The van der Waals surface area contributed by atoms with Crippen molar-refractivity contribution in [2.45, 2.75) is 6.18 Å². The number of rotatable bonds is 6. The second-order valence-corrected chi connectivity index (χ2v) is 7.15. The van der Waals surface area contributed by atoms with E-state index in [2.05, 4.69) is 15.7 Å². The molecular formula is C18H18ClF3N6O4. The fraction of sp³-hybridized carbons (Fsp3) is 0.333. The highest BCUT2D eigenvalue weighted by molar-refractivity contribution is 6.33. The molecule has 32 heavy (non-hydrogen) atoms. The first-order chi connectivity index (χ1) is 15.1. The Morgan fingerprint density at radius 3 is 2.56 bits per heavy atom. The quantitative estimate of drug-likeness (QED) is 0.326. The van der Waals surface area contributed by atoms with Crippen molar-refractivity contribution in [3.8, 4) is 0 Å². The fourth-order valence-electron chi connectivity index (χ4n) is 2.96. The van der Waals surface area contributed by atoms with E-state index in [9.17, 15) is 22.8 Å². The molecule has 10 nitrogen and oxygen atoms in total. The van der Waals surface area contributed by atoms with Crippen LogP contribution in [0, 0.1) is 0 Å². The normalized spacial score (nSPS) is 15.1. The summed E-state index contributed by atoms with van der Waals surface area (Å²) in [5.41, 5.74) is 6.80. The highest BCUT2D eigenvalue weighted by Gasteiger charge is 2.33. The van der Waals surface area contributed by atoms with Gasteiger partial charge in [0.25, 0.3) is 5.91 Å². The summed E-state index contributed by atoms with van der Waals surface area (Å²) in [5, 5.41) is 16.1. The van der Waals surface area contributed by atoms with Crippen molar-refractivity contribution in [3.05, 3.63) is 46.2 Å². The molecule has 0 unspecified atom stereocenters. The molecule has 172 valence electrons. The first-order valence-electron chi connectivity index (χ1n) is 9.22. The number of hydrazone groups is 1. The molecule has 1 fully saturated rings. The predicted molar refractivity (Wildman–Crippen MR) is 107 cm³/mol. The highest BCUT2D eigenvalue weighted by atomic mass is 35.5. The Bertz CT molecular complexity index is 1030. The fourth-order valence-corrected chi connectivity index (χ4v) is 3.16. The Hall–Kier alpha value is -3.48. The minimum atomic E-state index is -4.59.